The van der Waals surface area contributed by atoms with Crippen molar-refractivity contribution in [2.75, 3.05) is 13.2 Å². The normalized spacial score (nSPS) is 11.4. The highest BCUT2D eigenvalue weighted by atomic mass is 16.5. The quantitative estimate of drug-likeness (QED) is 0.396. The van der Waals surface area contributed by atoms with Gasteiger partial charge >= 0.3 is 0 Å². The van der Waals surface area contributed by atoms with E-state index in [1.54, 1.807) is 12.1 Å². The van der Waals surface area contributed by atoms with Crippen LogP contribution in [0.2, 0.25) is 0 Å². The molecular formula is C25H36O4. The van der Waals surface area contributed by atoms with Gasteiger partial charge in [-0.2, -0.15) is 0 Å². The van der Waals surface area contributed by atoms with Gasteiger partial charge < -0.3 is 19.7 Å². The zero-order valence-corrected chi connectivity index (χ0v) is 18.3. The summed E-state index contributed by atoms with van der Waals surface area (Å²) in [6.07, 6.45) is 6.43. The fourth-order valence-corrected chi connectivity index (χ4v) is 3.27. The van der Waals surface area contributed by atoms with E-state index in [0.717, 1.165) is 49.7 Å². The van der Waals surface area contributed by atoms with E-state index in [0.29, 0.717) is 24.7 Å². The summed E-state index contributed by atoms with van der Waals surface area (Å²) in [4.78, 5) is 0. The first-order chi connectivity index (χ1) is 13.9. The molecule has 2 N–H and O–H groups in total. The molecule has 0 aliphatic heterocycles. The summed E-state index contributed by atoms with van der Waals surface area (Å²) in [7, 11) is 0. The van der Waals surface area contributed by atoms with Crippen molar-refractivity contribution in [3.05, 3.63) is 47.5 Å². The molecule has 0 heterocycles. The van der Waals surface area contributed by atoms with Gasteiger partial charge in [0.1, 0.15) is 0 Å². The molecule has 0 amide bonds. The number of hydrogen-bond donors (Lipinski definition) is 2. The molecule has 0 aliphatic carbocycles. The van der Waals surface area contributed by atoms with Crippen molar-refractivity contribution in [2.24, 2.45) is 0 Å². The first-order valence-electron chi connectivity index (χ1n) is 10.8. The van der Waals surface area contributed by atoms with Crippen LogP contribution in [0.15, 0.2) is 36.4 Å². The summed E-state index contributed by atoms with van der Waals surface area (Å²) >= 11 is 0. The molecule has 0 radical (unpaired) electrons. The lowest BCUT2D eigenvalue weighted by atomic mass is 9.78. The van der Waals surface area contributed by atoms with Gasteiger partial charge in [0.15, 0.2) is 23.0 Å². The molecule has 2 aromatic carbocycles. The largest absolute Gasteiger partial charge is 0.504 e. The SMILES string of the molecule is CCCCCOc1cc(C(C)(C)c2ccc(O)c(OCCCCC)c2)ccc1O. The summed E-state index contributed by atoms with van der Waals surface area (Å²) in [6, 6.07) is 11.0. The van der Waals surface area contributed by atoms with E-state index in [1.807, 2.05) is 24.3 Å². The van der Waals surface area contributed by atoms with E-state index in [9.17, 15) is 10.2 Å². The minimum Gasteiger partial charge on any atom is -0.504 e. The molecule has 0 aliphatic rings. The number of aromatic hydroxyl groups is 2. The van der Waals surface area contributed by atoms with Crippen LogP contribution in [0.1, 0.15) is 77.3 Å². The van der Waals surface area contributed by atoms with E-state index in [4.69, 9.17) is 9.47 Å². The third kappa shape index (κ3) is 6.31. The second kappa shape index (κ2) is 11.0. The molecule has 4 heteroatoms. The number of benzene rings is 2. The van der Waals surface area contributed by atoms with E-state index < -0.39 is 0 Å². The van der Waals surface area contributed by atoms with Gasteiger partial charge in [0.25, 0.3) is 0 Å². The summed E-state index contributed by atoms with van der Waals surface area (Å²) in [5, 5.41) is 20.3. The van der Waals surface area contributed by atoms with Crippen LogP contribution in [0, 0.1) is 0 Å². The third-order valence-electron chi connectivity index (χ3n) is 5.37. The van der Waals surface area contributed by atoms with Crippen molar-refractivity contribution >= 4 is 0 Å². The van der Waals surface area contributed by atoms with Gasteiger partial charge in [-0.1, -0.05) is 65.5 Å². The minimum atomic E-state index is -0.343. The fourth-order valence-electron chi connectivity index (χ4n) is 3.27. The van der Waals surface area contributed by atoms with Gasteiger partial charge in [0, 0.05) is 5.41 Å². The number of hydrogen-bond acceptors (Lipinski definition) is 4. The number of unbranched alkanes of at least 4 members (excludes halogenated alkanes) is 4. The van der Waals surface area contributed by atoms with Gasteiger partial charge in [-0.05, 0) is 48.2 Å². The Kier molecular flexibility index (Phi) is 8.69. The zero-order valence-electron chi connectivity index (χ0n) is 18.3. The Labute approximate surface area is 175 Å². The molecule has 0 spiro atoms. The molecule has 2 aromatic rings. The summed E-state index contributed by atoms with van der Waals surface area (Å²) in [5.74, 6) is 1.35. The van der Waals surface area contributed by atoms with Gasteiger partial charge in [0.2, 0.25) is 0 Å². The number of ether oxygens (including phenoxy) is 2. The Morgan fingerprint density at radius 3 is 1.48 bits per heavy atom. The lowest BCUT2D eigenvalue weighted by molar-refractivity contribution is 0.288. The number of phenolic OH excluding ortho intramolecular Hbond substituents is 2. The van der Waals surface area contributed by atoms with Crippen LogP contribution >= 0.6 is 0 Å². The average molecular weight is 401 g/mol. The smallest absolute Gasteiger partial charge is 0.161 e. The van der Waals surface area contributed by atoms with Crippen molar-refractivity contribution in [3.8, 4) is 23.0 Å². The van der Waals surface area contributed by atoms with Crippen LogP contribution in [0.25, 0.3) is 0 Å². The molecule has 0 atom stereocenters. The standard InChI is InChI=1S/C25H36O4/c1-5-7-9-15-28-23-17-19(11-13-21(23)26)25(3,4)20-12-14-22(27)24(18-20)29-16-10-8-6-2/h11-14,17-18,26-27H,5-10,15-16H2,1-4H3. The molecule has 0 aromatic heterocycles. The zero-order chi connectivity index (χ0) is 21.3. The maximum absolute atomic E-state index is 10.2. The molecule has 0 fully saturated rings. The first kappa shape index (κ1) is 22.9. The molecule has 0 unspecified atom stereocenters. The highest BCUT2D eigenvalue weighted by Gasteiger charge is 2.25. The van der Waals surface area contributed by atoms with Crippen LogP contribution < -0.4 is 9.47 Å². The van der Waals surface area contributed by atoms with Crippen molar-refractivity contribution in [3.63, 3.8) is 0 Å². The van der Waals surface area contributed by atoms with Gasteiger partial charge in [-0.15, -0.1) is 0 Å². The maximum Gasteiger partial charge on any atom is 0.161 e. The molecule has 0 saturated carbocycles. The fraction of sp³-hybridized carbons (Fsp3) is 0.520. The topological polar surface area (TPSA) is 58.9 Å². The van der Waals surface area contributed by atoms with E-state index >= 15 is 0 Å². The van der Waals surface area contributed by atoms with Crippen LogP contribution in [0.5, 0.6) is 23.0 Å². The van der Waals surface area contributed by atoms with Crippen molar-refractivity contribution < 1.29 is 19.7 Å². The molecule has 2 rings (SSSR count). The first-order valence-corrected chi connectivity index (χ1v) is 10.8. The minimum absolute atomic E-state index is 0.159. The molecule has 0 bridgehead atoms. The second-order valence-electron chi connectivity index (χ2n) is 8.10. The Balaban J connectivity index is 2.20. The predicted molar refractivity (Wildman–Crippen MR) is 118 cm³/mol. The Hall–Kier alpha value is -2.36. The predicted octanol–water partition coefficient (Wildman–Crippen LogP) is 6.56. The Bertz CT molecular complexity index is 704. The summed E-state index contributed by atoms with van der Waals surface area (Å²) < 4.78 is 11.6. The molecular weight excluding hydrogens is 364 g/mol. The third-order valence-corrected chi connectivity index (χ3v) is 5.37. The van der Waals surface area contributed by atoms with E-state index in [-0.39, 0.29) is 16.9 Å². The van der Waals surface area contributed by atoms with Crippen molar-refractivity contribution in [1.82, 2.24) is 0 Å². The molecule has 160 valence electrons. The lowest BCUT2D eigenvalue weighted by Gasteiger charge is -2.27. The van der Waals surface area contributed by atoms with E-state index in [1.165, 1.54) is 0 Å². The average Bonchev–Trinajstić information content (AvgIpc) is 2.70. The highest BCUT2D eigenvalue weighted by Crippen LogP contribution is 2.39. The highest BCUT2D eigenvalue weighted by molar-refractivity contribution is 5.50. The Morgan fingerprint density at radius 2 is 1.10 bits per heavy atom. The number of rotatable bonds is 12. The summed E-state index contributed by atoms with van der Waals surface area (Å²) in [5.41, 5.74) is 1.72. The van der Waals surface area contributed by atoms with Crippen LogP contribution in [0.4, 0.5) is 0 Å². The van der Waals surface area contributed by atoms with Crippen LogP contribution in [-0.4, -0.2) is 23.4 Å². The van der Waals surface area contributed by atoms with Gasteiger partial charge in [-0.25, -0.2) is 0 Å². The van der Waals surface area contributed by atoms with Gasteiger partial charge in [-0.3, -0.25) is 0 Å². The van der Waals surface area contributed by atoms with E-state index in [2.05, 4.69) is 27.7 Å². The monoisotopic (exact) mass is 400 g/mol. The molecule has 4 nitrogen and oxygen atoms in total. The second-order valence-corrected chi connectivity index (χ2v) is 8.10. The van der Waals surface area contributed by atoms with Crippen LogP contribution in [-0.2, 0) is 5.41 Å². The lowest BCUT2D eigenvalue weighted by Crippen LogP contribution is -2.19. The van der Waals surface area contributed by atoms with Gasteiger partial charge in [0.05, 0.1) is 13.2 Å². The van der Waals surface area contributed by atoms with Crippen LogP contribution in [0.3, 0.4) is 0 Å². The van der Waals surface area contributed by atoms with Crippen molar-refractivity contribution in [1.29, 1.82) is 0 Å². The summed E-state index contributed by atoms with van der Waals surface area (Å²) in [6.45, 7) is 9.74. The van der Waals surface area contributed by atoms with Crippen molar-refractivity contribution in [2.45, 2.75) is 71.6 Å². The Morgan fingerprint density at radius 1 is 0.690 bits per heavy atom. The number of phenols is 2. The molecule has 29 heavy (non-hydrogen) atoms. The molecule has 0 saturated heterocycles. The maximum atomic E-state index is 10.2.